The average Bonchev–Trinajstić information content (AvgIpc) is 3.12. The van der Waals surface area contributed by atoms with E-state index in [9.17, 15) is 0 Å². The summed E-state index contributed by atoms with van der Waals surface area (Å²) in [7, 11) is 0. The van der Waals surface area contributed by atoms with Crippen LogP contribution in [-0.2, 0) is 5.41 Å². The lowest BCUT2D eigenvalue weighted by Gasteiger charge is -2.18. The van der Waals surface area contributed by atoms with Gasteiger partial charge in [-0.25, -0.2) is 0 Å². The van der Waals surface area contributed by atoms with Gasteiger partial charge in [0.2, 0.25) is 0 Å². The maximum Gasteiger partial charge on any atom is 0.0443 e. The maximum absolute atomic E-state index is 6.30. The predicted molar refractivity (Wildman–Crippen MR) is 63.0 cm³/mol. The van der Waals surface area contributed by atoms with Gasteiger partial charge in [0, 0.05) is 10.4 Å². The van der Waals surface area contributed by atoms with Crippen molar-refractivity contribution in [2.24, 2.45) is 17.6 Å². The van der Waals surface area contributed by atoms with Crippen molar-refractivity contribution in [2.75, 3.05) is 6.54 Å². The number of halogens is 1. The first-order valence-corrected chi connectivity index (χ1v) is 6.12. The maximum atomic E-state index is 6.30. The standard InChI is InChI=1S/C13H16ClN/c14-12-4-2-1-3-11(12)13(9-5-6-9)7-10(13)8-15/h1-4,9-10H,5-8,15H2/t10-,13?/m0/s1. The Balaban J connectivity index is 2.01. The molecule has 1 unspecified atom stereocenters. The van der Waals surface area contributed by atoms with E-state index < -0.39 is 0 Å². The fourth-order valence-electron chi connectivity index (χ4n) is 3.13. The van der Waals surface area contributed by atoms with Crippen LogP contribution in [0.3, 0.4) is 0 Å². The molecule has 1 nitrogen and oxygen atoms in total. The summed E-state index contributed by atoms with van der Waals surface area (Å²) in [5.74, 6) is 1.52. The summed E-state index contributed by atoms with van der Waals surface area (Å²) in [4.78, 5) is 0. The highest BCUT2D eigenvalue weighted by atomic mass is 35.5. The van der Waals surface area contributed by atoms with Crippen LogP contribution in [-0.4, -0.2) is 6.54 Å². The molecular weight excluding hydrogens is 206 g/mol. The fourth-order valence-corrected chi connectivity index (χ4v) is 3.44. The SMILES string of the molecule is NC[C@@H]1CC1(c1ccccc1Cl)C1CC1. The van der Waals surface area contributed by atoms with Crippen LogP contribution < -0.4 is 5.73 Å². The van der Waals surface area contributed by atoms with Crippen LogP contribution in [0.1, 0.15) is 24.8 Å². The van der Waals surface area contributed by atoms with Crippen molar-refractivity contribution in [3.05, 3.63) is 34.9 Å². The van der Waals surface area contributed by atoms with Crippen molar-refractivity contribution >= 4 is 11.6 Å². The van der Waals surface area contributed by atoms with Gasteiger partial charge in [0.25, 0.3) is 0 Å². The highest BCUT2D eigenvalue weighted by Gasteiger charge is 2.62. The Kier molecular flexibility index (Phi) is 2.08. The highest BCUT2D eigenvalue weighted by Crippen LogP contribution is 2.66. The third-order valence-corrected chi connectivity index (χ3v) is 4.45. The van der Waals surface area contributed by atoms with E-state index in [0.717, 1.165) is 17.5 Å². The normalized spacial score (nSPS) is 34.1. The average molecular weight is 222 g/mol. The van der Waals surface area contributed by atoms with E-state index in [4.69, 9.17) is 17.3 Å². The molecule has 2 aliphatic carbocycles. The van der Waals surface area contributed by atoms with Crippen LogP contribution in [0, 0.1) is 11.8 Å². The number of nitrogens with two attached hydrogens (primary N) is 1. The van der Waals surface area contributed by atoms with Crippen LogP contribution in [0.4, 0.5) is 0 Å². The summed E-state index contributed by atoms with van der Waals surface area (Å²) in [5, 5.41) is 0.931. The predicted octanol–water partition coefficient (Wildman–Crippen LogP) is 2.97. The Hall–Kier alpha value is -0.530. The Labute approximate surface area is 95.6 Å². The van der Waals surface area contributed by atoms with E-state index in [1.165, 1.54) is 24.8 Å². The summed E-state index contributed by atoms with van der Waals surface area (Å²) in [6.45, 7) is 0.807. The van der Waals surface area contributed by atoms with Gasteiger partial charge in [0.05, 0.1) is 0 Å². The van der Waals surface area contributed by atoms with Crippen molar-refractivity contribution in [3.8, 4) is 0 Å². The second-order valence-electron chi connectivity index (χ2n) is 4.93. The fraction of sp³-hybridized carbons (Fsp3) is 0.538. The Bertz CT molecular complexity index is 386. The molecule has 0 amide bonds. The van der Waals surface area contributed by atoms with Gasteiger partial charge in [0.15, 0.2) is 0 Å². The van der Waals surface area contributed by atoms with Crippen LogP contribution in [0.25, 0.3) is 0 Å². The smallest absolute Gasteiger partial charge is 0.0443 e. The van der Waals surface area contributed by atoms with E-state index in [0.29, 0.717) is 11.3 Å². The van der Waals surface area contributed by atoms with Crippen molar-refractivity contribution in [2.45, 2.75) is 24.7 Å². The van der Waals surface area contributed by atoms with Gasteiger partial charge >= 0.3 is 0 Å². The minimum atomic E-state index is 0.354. The third kappa shape index (κ3) is 1.33. The zero-order valence-corrected chi connectivity index (χ0v) is 9.50. The largest absolute Gasteiger partial charge is 0.330 e. The second-order valence-corrected chi connectivity index (χ2v) is 5.34. The second kappa shape index (κ2) is 3.23. The van der Waals surface area contributed by atoms with E-state index in [1.54, 1.807) is 0 Å². The van der Waals surface area contributed by atoms with Gasteiger partial charge in [-0.05, 0) is 49.3 Å². The van der Waals surface area contributed by atoms with Crippen LogP contribution in [0.5, 0.6) is 0 Å². The van der Waals surface area contributed by atoms with Crippen molar-refractivity contribution in [1.82, 2.24) is 0 Å². The van der Waals surface area contributed by atoms with E-state index >= 15 is 0 Å². The number of hydrogen-bond donors (Lipinski definition) is 1. The molecule has 0 aromatic heterocycles. The van der Waals surface area contributed by atoms with Crippen molar-refractivity contribution in [1.29, 1.82) is 0 Å². The first-order valence-electron chi connectivity index (χ1n) is 5.74. The minimum absolute atomic E-state index is 0.354. The molecule has 0 radical (unpaired) electrons. The molecule has 0 aliphatic heterocycles. The van der Waals surface area contributed by atoms with Gasteiger partial charge in [-0.1, -0.05) is 29.8 Å². The number of benzene rings is 1. The lowest BCUT2D eigenvalue weighted by atomic mass is 9.88. The summed E-state index contributed by atoms with van der Waals surface area (Å²) < 4.78 is 0. The molecule has 0 saturated heterocycles. The van der Waals surface area contributed by atoms with E-state index in [-0.39, 0.29) is 0 Å². The molecule has 2 atom stereocenters. The van der Waals surface area contributed by atoms with Gasteiger partial charge in [-0.15, -0.1) is 0 Å². The van der Waals surface area contributed by atoms with E-state index in [2.05, 4.69) is 12.1 Å². The van der Waals surface area contributed by atoms with Gasteiger partial charge in [0.1, 0.15) is 0 Å². The Morgan fingerprint density at radius 3 is 2.60 bits per heavy atom. The van der Waals surface area contributed by atoms with E-state index in [1.807, 2.05) is 12.1 Å². The molecule has 80 valence electrons. The zero-order chi connectivity index (χ0) is 10.5. The Morgan fingerprint density at radius 1 is 1.33 bits per heavy atom. The molecule has 2 saturated carbocycles. The zero-order valence-electron chi connectivity index (χ0n) is 8.75. The molecule has 3 rings (SSSR count). The van der Waals surface area contributed by atoms with Crippen LogP contribution in [0.15, 0.2) is 24.3 Å². The van der Waals surface area contributed by atoms with Gasteiger partial charge in [-0.2, -0.15) is 0 Å². The molecular formula is C13H16ClN. The molecule has 2 fully saturated rings. The quantitative estimate of drug-likeness (QED) is 0.835. The monoisotopic (exact) mass is 221 g/mol. The third-order valence-electron chi connectivity index (χ3n) is 4.12. The molecule has 1 aromatic carbocycles. The van der Waals surface area contributed by atoms with Gasteiger partial charge in [-0.3, -0.25) is 0 Å². The summed E-state index contributed by atoms with van der Waals surface area (Å²) in [6, 6.07) is 8.30. The summed E-state index contributed by atoms with van der Waals surface area (Å²) in [5.41, 5.74) is 7.53. The molecule has 0 bridgehead atoms. The Morgan fingerprint density at radius 2 is 2.07 bits per heavy atom. The molecule has 0 heterocycles. The molecule has 2 heteroatoms. The molecule has 2 aliphatic rings. The number of rotatable bonds is 3. The van der Waals surface area contributed by atoms with Crippen LogP contribution >= 0.6 is 11.6 Å². The van der Waals surface area contributed by atoms with Crippen LogP contribution in [0.2, 0.25) is 5.02 Å². The van der Waals surface area contributed by atoms with Gasteiger partial charge < -0.3 is 5.73 Å². The summed E-state index contributed by atoms with van der Waals surface area (Å²) >= 11 is 6.30. The molecule has 15 heavy (non-hydrogen) atoms. The number of hydrogen-bond acceptors (Lipinski definition) is 1. The minimum Gasteiger partial charge on any atom is -0.330 e. The van der Waals surface area contributed by atoms with Crippen molar-refractivity contribution < 1.29 is 0 Å². The molecule has 2 N–H and O–H groups in total. The first kappa shape index (κ1) is 9.68. The van der Waals surface area contributed by atoms with Crippen molar-refractivity contribution in [3.63, 3.8) is 0 Å². The molecule has 0 spiro atoms. The highest BCUT2D eigenvalue weighted by molar-refractivity contribution is 6.31. The molecule has 1 aromatic rings. The lowest BCUT2D eigenvalue weighted by Crippen LogP contribution is -2.18. The summed E-state index contributed by atoms with van der Waals surface area (Å²) in [6.07, 6.45) is 3.97. The first-order chi connectivity index (χ1) is 7.29. The topological polar surface area (TPSA) is 26.0 Å². The lowest BCUT2D eigenvalue weighted by molar-refractivity contribution is 0.535.